The fraction of sp³-hybridized carbons (Fsp3) is 0.455. The number of aliphatic hydroxyl groups is 1. The van der Waals surface area contributed by atoms with Gasteiger partial charge in [-0.15, -0.1) is 0 Å². The predicted octanol–water partition coefficient (Wildman–Crippen LogP) is 2.48. The number of phenolic OH excluding ortho intramolecular Hbond substituents is 1. The van der Waals surface area contributed by atoms with Crippen LogP contribution in [0.5, 0.6) is 11.5 Å². The molecular weight excluding hydrogens is 260 g/mol. The third kappa shape index (κ3) is 3.11. The van der Waals surface area contributed by atoms with Crippen LogP contribution in [0.3, 0.4) is 0 Å². The van der Waals surface area contributed by atoms with E-state index in [0.29, 0.717) is 16.6 Å². The number of halogens is 1. The molecule has 1 aromatic carbocycles. The smallest absolute Gasteiger partial charge is 0.172 e. The van der Waals surface area contributed by atoms with Gasteiger partial charge in [-0.1, -0.05) is 6.07 Å². The van der Waals surface area contributed by atoms with Crippen LogP contribution < -0.4 is 4.74 Å². The number of rotatable bonds is 3. The maximum atomic E-state index is 9.72. The van der Waals surface area contributed by atoms with Crippen LogP contribution in [0.15, 0.2) is 16.6 Å². The van der Waals surface area contributed by atoms with Crippen molar-refractivity contribution < 1.29 is 14.9 Å². The third-order valence-electron chi connectivity index (χ3n) is 2.00. The van der Waals surface area contributed by atoms with Crippen LogP contribution in [0.4, 0.5) is 0 Å². The highest BCUT2D eigenvalue weighted by Crippen LogP contribution is 2.37. The van der Waals surface area contributed by atoms with E-state index >= 15 is 0 Å². The summed E-state index contributed by atoms with van der Waals surface area (Å²) in [5.74, 6) is 0.487. The van der Waals surface area contributed by atoms with Gasteiger partial charge in [-0.05, 0) is 41.4 Å². The minimum atomic E-state index is -0.802. The SMILES string of the molecule is COc1ccc(CC(C)(C)O)c(Br)c1O. The molecule has 4 heteroatoms. The first-order chi connectivity index (χ1) is 6.85. The van der Waals surface area contributed by atoms with Crippen molar-refractivity contribution in [2.24, 2.45) is 0 Å². The second-order valence-electron chi connectivity index (χ2n) is 4.08. The first kappa shape index (κ1) is 12.3. The zero-order valence-corrected chi connectivity index (χ0v) is 10.6. The Hall–Kier alpha value is -0.740. The molecule has 1 rings (SSSR count). The van der Waals surface area contributed by atoms with Crippen molar-refractivity contribution in [2.75, 3.05) is 7.11 Å². The summed E-state index contributed by atoms with van der Waals surface area (Å²) in [7, 11) is 1.50. The predicted molar refractivity (Wildman–Crippen MR) is 62.4 cm³/mol. The van der Waals surface area contributed by atoms with Crippen molar-refractivity contribution in [2.45, 2.75) is 25.9 Å². The van der Waals surface area contributed by atoms with Crippen LogP contribution >= 0.6 is 15.9 Å². The maximum absolute atomic E-state index is 9.72. The van der Waals surface area contributed by atoms with Crippen molar-refractivity contribution in [1.82, 2.24) is 0 Å². The van der Waals surface area contributed by atoms with Crippen molar-refractivity contribution in [1.29, 1.82) is 0 Å². The largest absolute Gasteiger partial charge is 0.503 e. The Morgan fingerprint density at radius 2 is 2.00 bits per heavy atom. The van der Waals surface area contributed by atoms with E-state index in [-0.39, 0.29) is 5.75 Å². The highest BCUT2D eigenvalue weighted by Gasteiger charge is 2.18. The second-order valence-corrected chi connectivity index (χ2v) is 4.87. The summed E-state index contributed by atoms with van der Waals surface area (Å²) in [4.78, 5) is 0. The Balaban J connectivity index is 3.07. The molecular formula is C11H15BrO3. The molecule has 0 fully saturated rings. The Bertz CT molecular complexity index is 356. The minimum Gasteiger partial charge on any atom is -0.503 e. The van der Waals surface area contributed by atoms with Gasteiger partial charge >= 0.3 is 0 Å². The van der Waals surface area contributed by atoms with E-state index in [1.807, 2.05) is 6.07 Å². The normalized spacial score (nSPS) is 11.5. The van der Waals surface area contributed by atoms with Gasteiger partial charge in [0.15, 0.2) is 11.5 Å². The molecule has 0 saturated carbocycles. The van der Waals surface area contributed by atoms with Crippen LogP contribution in [0, 0.1) is 0 Å². The van der Waals surface area contributed by atoms with Crippen LogP contribution in [0.1, 0.15) is 19.4 Å². The van der Waals surface area contributed by atoms with E-state index in [0.717, 1.165) is 5.56 Å². The monoisotopic (exact) mass is 274 g/mol. The zero-order valence-electron chi connectivity index (χ0n) is 9.04. The lowest BCUT2D eigenvalue weighted by Crippen LogP contribution is -2.22. The van der Waals surface area contributed by atoms with Gasteiger partial charge in [-0.25, -0.2) is 0 Å². The number of hydrogen-bond donors (Lipinski definition) is 2. The molecule has 3 nitrogen and oxygen atoms in total. The zero-order chi connectivity index (χ0) is 11.6. The lowest BCUT2D eigenvalue weighted by atomic mass is 9.98. The molecule has 0 aliphatic rings. The summed E-state index contributed by atoms with van der Waals surface area (Å²) in [5.41, 5.74) is 0.0459. The molecule has 84 valence electrons. The van der Waals surface area contributed by atoms with Crippen LogP contribution in [0.25, 0.3) is 0 Å². The fourth-order valence-electron chi connectivity index (χ4n) is 1.36. The molecule has 1 aromatic rings. The number of methoxy groups -OCH3 is 1. The molecule has 0 bridgehead atoms. The van der Waals surface area contributed by atoms with Gasteiger partial charge in [-0.3, -0.25) is 0 Å². The highest BCUT2D eigenvalue weighted by molar-refractivity contribution is 9.10. The Morgan fingerprint density at radius 3 is 2.47 bits per heavy atom. The molecule has 0 radical (unpaired) electrons. The van der Waals surface area contributed by atoms with Gasteiger partial charge in [0.05, 0.1) is 17.2 Å². The molecule has 0 aromatic heterocycles. The molecule has 0 spiro atoms. The standard InChI is InChI=1S/C11H15BrO3/c1-11(2,14)6-7-4-5-8(15-3)10(13)9(7)12/h4-5,13-14H,6H2,1-3H3. The molecule has 0 atom stereocenters. The number of ether oxygens (including phenoxy) is 1. The van der Waals surface area contributed by atoms with Crippen LogP contribution in [-0.4, -0.2) is 22.9 Å². The molecule has 0 aliphatic heterocycles. The molecule has 2 N–H and O–H groups in total. The minimum absolute atomic E-state index is 0.0688. The molecule has 0 amide bonds. The maximum Gasteiger partial charge on any atom is 0.172 e. The first-order valence-electron chi connectivity index (χ1n) is 4.62. The van der Waals surface area contributed by atoms with E-state index in [9.17, 15) is 10.2 Å². The van der Waals surface area contributed by atoms with Gasteiger partial charge in [0, 0.05) is 6.42 Å². The number of phenols is 1. The molecule has 0 heterocycles. The lowest BCUT2D eigenvalue weighted by molar-refractivity contribution is 0.0807. The molecule has 0 aliphatic carbocycles. The Kier molecular flexibility index (Phi) is 3.62. The summed E-state index contributed by atoms with van der Waals surface area (Å²) in [6.45, 7) is 3.45. The first-order valence-corrected chi connectivity index (χ1v) is 5.41. The summed E-state index contributed by atoms with van der Waals surface area (Å²) in [5, 5.41) is 19.4. The molecule has 0 unspecified atom stereocenters. The summed E-state index contributed by atoms with van der Waals surface area (Å²) >= 11 is 3.28. The topological polar surface area (TPSA) is 49.7 Å². The second kappa shape index (κ2) is 4.41. The highest BCUT2D eigenvalue weighted by atomic mass is 79.9. The molecule has 0 saturated heterocycles. The van der Waals surface area contributed by atoms with Crippen LogP contribution in [0.2, 0.25) is 0 Å². The summed E-state index contributed by atoms with van der Waals surface area (Å²) in [6.07, 6.45) is 0.463. The van der Waals surface area contributed by atoms with Crippen molar-refractivity contribution in [3.05, 3.63) is 22.2 Å². The Labute approximate surface area is 97.8 Å². The van der Waals surface area contributed by atoms with E-state index < -0.39 is 5.60 Å². The van der Waals surface area contributed by atoms with E-state index in [4.69, 9.17) is 4.74 Å². The summed E-state index contributed by atoms with van der Waals surface area (Å²) < 4.78 is 5.54. The van der Waals surface area contributed by atoms with E-state index in [2.05, 4.69) is 15.9 Å². The number of aromatic hydroxyl groups is 1. The van der Waals surface area contributed by atoms with E-state index in [1.165, 1.54) is 7.11 Å². The van der Waals surface area contributed by atoms with Gasteiger partial charge in [-0.2, -0.15) is 0 Å². The van der Waals surface area contributed by atoms with Crippen LogP contribution in [-0.2, 0) is 6.42 Å². The average molecular weight is 275 g/mol. The van der Waals surface area contributed by atoms with Crippen molar-refractivity contribution in [3.8, 4) is 11.5 Å². The number of benzene rings is 1. The van der Waals surface area contributed by atoms with E-state index in [1.54, 1.807) is 19.9 Å². The van der Waals surface area contributed by atoms with Crippen molar-refractivity contribution >= 4 is 15.9 Å². The van der Waals surface area contributed by atoms with Gasteiger partial charge in [0.2, 0.25) is 0 Å². The van der Waals surface area contributed by atoms with Gasteiger partial charge < -0.3 is 14.9 Å². The quantitative estimate of drug-likeness (QED) is 0.891. The summed E-state index contributed by atoms with van der Waals surface area (Å²) in [6, 6.07) is 3.50. The van der Waals surface area contributed by atoms with Gasteiger partial charge in [0.25, 0.3) is 0 Å². The fourth-order valence-corrected chi connectivity index (χ4v) is 1.82. The molecule has 15 heavy (non-hydrogen) atoms. The lowest BCUT2D eigenvalue weighted by Gasteiger charge is -2.18. The average Bonchev–Trinajstić information content (AvgIpc) is 2.11. The van der Waals surface area contributed by atoms with Crippen molar-refractivity contribution in [3.63, 3.8) is 0 Å². The number of hydrogen-bond acceptors (Lipinski definition) is 3. The third-order valence-corrected chi connectivity index (χ3v) is 2.89. The Morgan fingerprint density at radius 1 is 1.40 bits per heavy atom. The van der Waals surface area contributed by atoms with Gasteiger partial charge in [0.1, 0.15) is 0 Å².